The summed E-state index contributed by atoms with van der Waals surface area (Å²) in [6, 6.07) is 0. The molecule has 0 bridgehead atoms. The minimum Gasteiger partial charge on any atom is -0.481 e. The van der Waals surface area contributed by atoms with E-state index in [1.54, 1.807) is 0 Å². The molecule has 0 atom stereocenters. The van der Waals surface area contributed by atoms with Gasteiger partial charge in [0.1, 0.15) is 6.10 Å². The summed E-state index contributed by atoms with van der Waals surface area (Å²) < 4.78 is 5.69. The predicted octanol–water partition coefficient (Wildman–Crippen LogP) is 6.60. The molecular formula is C23H40O4. The van der Waals surface area contributed by atoms with E-state index in [1.165, 1.54) is 38.5 Å². The third-order valence-electron chi connectivity index (χ3n) is 4.69. The first kappa shape index (κ1) is 25.4. The zero-order chi connectivity index (χ0) is 20.2. The summed E-state index contributed by atoms with van der Waals surface area (Å²) >= 11 is 0. The molecular weight excluding hydrogens is 340 g/mol. The maximum Gasteiger partial charge on any atom is 0.306 e. The summed E-state index contributed by atoms with van der Waals surface area (Å²) in [6.07, 6.45) is 18.8. The fourth-order valence-electron chi connectivity index (χ4n) is 3.08. The van der Waals surface area contributed by atoms with E-state index in [9.17, 15) is 9.59 Å². The van der Waals surface area contributed by atoms with Crippen molar-refractivity contribution in [2.75, 3.05) is 0 Å². The van der Waals surface area contributed by atoms with Crippen molar-refractivity contribution in [3.05, 3.63) is 25.3 Å². The predicted molar refractivity (Wildman–Crippen MR) is 112 cm³/mol. The normalized spacial score (nSPS) is 10.7. The van der Waals surface area contributed by atoms with Gasteiger partial charge in [0.15, 0.2) is 0 Å². The van der Waals surface area contributed by atoms with Gasteiger partial charge < -0.3 is 9.84 Å². The van der Waals surface area contributed by atoms with Crippen molar-refractivity contribution in [3.63, 3.8) is 0 Å². The van der Waals surface area contributed by atoms with Gasteiger partial charge in [-0.05, 0) is 64.2 Å². The molecule has 0 aliphatic rings. The first-order valence-corrected chi connectivity index (χ1v) is 10.7. The number of carbonyl (C=O) groups is 2. The number of esters is 1. The number of unbranched alkanes of at least 4 members (excludes halogenated alkanes) is 9. The SMILES string of the molecule is C=CCCCCCCC(CCCCCCC=C)OC(=O)CCCCC(=O)O. The zero-order valence-corrected chi connectivity index (χ0v) is 17.1. The quantitative estimate of drug-likeness (QED) is 0.147. The molecule has 0 spiro atoms. The Balaban J connectivity index is 4.08. The highest BCUT2D eigenvalue weighted by Gasteiger charge is 2.14. The van der Waals surface area contributed by atoms with Crippen LogP contribution in [-0.2, 0) is 14.3 Å². The smallest absolute Gasteiger partial charge is 0.306 e. The van der Waals surface area contributed by atoms with Gasteiger partial charge in [0, 0.05) is 12.8 Å². The van der Waals surface area contributed by atoms with E-state index >= 15 is 0 Å². The Morgan fingerprint density at radius 1 is 0.741 bits per heavy atom. The van der Waals surface area contributed by atoms with Crippen LogP contribution in [0.1, 0.15) is 103 Å². The van der Waals surface area contributed by atoms with Crippen LogP contribution in [0.4, 0.5) is 0 Å². The third kappa shape index (κ3) is 19.0. The van der Waals surface area contributed by atoms with Gasteiger partial charge in [0.05, 0.1) is 0 Å². The maximum absolute atomic E-state index is 12.1. The molecule has 0 heterocycles. The fraction of sp³-hybridized carbons (Fsp3) is 0.739. The molecule has 0 rings (SSSR count). The summed E-state index contributed by atoms with van der Waals surface area (Å²) in [5.41, 5.74) is 0. The molecule has 0 unspecified atom stereocenters. The molecule has 0 aromatic rings. The van der Waals surface area contributed by atoms with Crippen molar-refractivity contribution in [3.8, 4) is 0 Å². The topological polar surface area (TPSA) is 63.6 Å². The molecule has 0 saturated heterocycles. The molecule has 0 saturated carbocycles. The number of carboxylic acid groups (broad SMARTS) is 1. The van der Waals surface area contributed by atoms with Crippen LogP contribution >= 0.6 is 0 Å². The van der Waals surface area contributed by atoms with Gasteiger partial charge in [-0.15, -0.1) is 13.2 Å². The van der Waals surface area contributed by atoms with Crippen molar-refractivity contribution in [1.82, 2.24) is 0 Å². The first-order chi connectivity index (χ1) is 13.1. The minimum atomic E-state index is -0.811. The average molecular weight is 381 g/mol. The average Bonchev–Trinajstić information content (AvgIpc) is 2.64. The Bertz CT molecular complexity index is 383. The lowest BCUT2D eigenvalue weighted by Crippen LogP contribution is -2.18. The standard InChI is InChI=1S/C23H40O4/c1-3-5-7-9-11-13-17-21(18-14-12-10-8-6-4-2)27-23(26)20-16-15-19-22(24)25/h3-4,21H,1-2,5-20H2,(H,24,25). The Morgan fingerprint density at radius 2 is 1.22 bits per heavy atom. The maximum atomic E-state index is 12.1. The number of hydrogen-bond acceptors (Lipinski definition) is 3. The number of aliphatic carboxylic acids is 1. The zero-order valence-electron chi connectivity index (χ0n) is 17.1. The molecule has 0 aromatic heterocycles. The monoisotopic (exact) mass is 380 g/mol. The van der Waals surface area contributed by atoms with Crippen molar-refractivity contribution >= 4 is 11.9 Å². The van der Waals surface area contributed by atoms with Gasteiger partial charge in [-0.25, -0.2) is 0 Å². The van der Waals surface area contributed by atoms with Crippen LogP contribution < -0.4 is 0 Å². The molecule has 0 amide bonds. The van der Waals surface area contributed by atoms with Crippen molar-refractivity contribution in [1.29, 1.82) is 0 Å². The van der Waals surface area contributed by atoms with Crippen LogP contribution in [-0.4, -0.2) is 23.1 Å². The second-order valence-electron chi connectivity index (χ2n) is 7.27. The summed E-state index contributed by atoms with van der Waals surface area (Å²) in [6.45, 7) is 7.49. The lowest BCUT2D eigenvalue weighted by Gasteiger charge is -2.18. The van der Waals surface area contributed by atoms with Crippen molar-refractivity contribution < 1.29 is 19.4 Å². The van der Waals surface area contributed by atoms with E-state index in [0.29, 0.717) is 19.3 Å². The minimum absolute atomic E-state index is 0.00998. The van der Waals surface area contributed by atoms with Gasteiger partial charge in [0.2, 0.25) is 0 Å². The largest absolute Gasteiger partial charge is 0.481 e. The number of ether oxygens (including phenoxy) is 1. The van der Waals surface area contributed by atoms with Crippen molar-refractivity contribution in [2.45, 2.75) is 109 Å². The van der Waals surface area contributed by atoms with E-state index in [4.69, 9.17) is 9.84 Å². The Morgan fingerprint density at radius 3 is 1.70 bits per heavy atom. The third-order valence-corrected chi connectivity index (χ3v) is 4.69. The molecule has 4 heteroatoms. The van der Waals surface area contributed by atoms with E-state index in [2.05, 4.69) is 13.2 Å². The summed E-state index contributed by atoms with van der Waals surface area (Å²) in [5, 5.41) is 8.65. The van der Waals surface area contributed by atoms with E-state index in [0.717, 1.165) is 38.5 Å². The summed E-state index contributed by atoms with van der Waals surface area (Å²) in [5.74, 6) is -0.988. The molecule has 0 aromatic carbocycles. The molecule has 0 aliphatic heterocycles. The van der Waals surface area contributed by atoms with Crippen molar-refractivity contribution in [2.24, 2.45) is 0 Å². The molecule has 4 nitrogen and oxygen atoms in total. The molecule has 156 valence electrons. The molecule has 1 N–H and O–H groups in total. The van der Waals surface area contributed by atoms with Crippen LogP contribution in [0.25, 0.3) is 0 Å². The van der Waals surface area contributed by atoms with Crippen LogP contribution in [0.5, 0.6) is 0 Å². The number of carbonyl (C=O) groups excluding carboxylic acids is 1. The van der Waals surface area contributed by atoms with Gasteiger partial charge in [-0.2, -0.15) is 0 Å². The molecule has 0 aliphatic carbocycles. The lowest BCUT2D eigenvalue weighted by atomic mass is 10.0. The lowest BCUT2D eigenvalue weighted by molar-refractivity contribution is -0.150. The van der Waals surface area contributed by atoms with Gasteiger partial charge >= 0.3 is 11.9 Å². The van der Waals surface area contributed by atoms with Crippen LogP contribution in [0.2, 0.25) is 0 Å². The van der Waals surface area contributed by atoms with E-state index in [1.807, 2.05) is 12.2 Å². The second-order valence-corrected chi connectivity index (χ2v) is 7.27. The Kier molecular flexibility index (Phi) is 18.1. The highest BCUT2D eigenvalue weighted by atomic mass is 16.5. The van der Waals surface area contributed by atoms with Crippen LogP contribution in [0, 0.1) is 0 Å². The number of carboxylic acids is 1. The highest BCUT2D eigenvalue weighted by Crippen LogP contribution is 2.17. The first-order valence-electron chi connectivity index (χ1n) is 10.7. The van der Waals surface area contributed by atoms with Crippen LogP contribution in [0.15, 0.2) is 25.3 Å². The Labute approximate surface area is 166 Å². The number of rotatable bonds is 20. The van der Waals surface area contributed by atoms with Gasteiger partial charge in [-0.1, -0.05) is 37.8 Å². The highest BCUT2D eigenvalue weighted by molar-refractivity contribution is 5.70. The van der Waals surface area contributed by atoms with Crippen LogP contribution in [0.3, 0.4) is 0 Å². The summed E-state index contributed by atoms with van der Waals surface area (Å²) in [4.78, 5) is 22.6. The Hall–Kier alpha value is -1.58. The molecule has 27 heavy (non-hydrogen) atoms. The molecule has 0 radical (unpaired) electrons. The molecule has 0 fully saturated rings. The van der Waals surface area contributed by atoms with E-state index in [-0.39, 0.29) is 18.5 Å². The number of hydrogen-bond donors (Lipinski definition) is 1. The van der Waals surface area contributed by atoms with Gasteiger partial charge in [0.25, 0.3) is 0 Å². The fourth-order valence-corrected chi connectivity index (χ4v) is 3.08. The second kappa shape index (κ2) is 19.2. The summed E-state index contributed by atoms with van der Waals surface area (Å²) in [7, 11) is 0. The van der Waals surface area contributed by atoms with Gasteiger partial charge in [-0.3, -0.25) is 9.59 Å². The number of allylic oxidation sites excluding steroid dienone is 2. The van der Waals surface area contributed by atoms with E-state index < -0.39 is 5.97 Å².